The van der Waals surface area contributed by atoms with E-state index in [1.807, 2.05) is 12.1 Å². The summed E-state index contributed by atoms with van der Waals surface area (Å²) in [5.41, 5.74) is 1.08. The predicted octanol–water partition coefficient (Wildman–Crippen LogP) is 2.71. The van der Waals surface area contributed by atoms with Gasteiger partial charge in [-0.15, -0.1) is 0 Å². The first kappa shape index (κ1) is 19.6. The van der Waals surface area contributed by atoms with Gasteiger partial charge in [-0.1, -0.05) is 48.5 Å². The molecule has 2 aromatic carbocycles. The van der Waals surface area contributed by atoms with Crippen molar-refractivity contribution in [3.63, 3.8) is 0 Å². The van der Waals surface area contributed by atoms with Crippen molar-refractivity contribution in [2.75, 3.05) is 19.6 Å². The minimum absolute atomic E-state index is 0.214. The van der Waals surface area contributed by atoms with Crippen LogP contribution >= 0.6 is 0 Å². The summed E-state index contributed by atoms with van der Waals surface area (Å²) in [5, 5.41) is 2.54. The Bertz CT molecular complexity index is 802. The summed E-state index contributed by atoms with van der Waals surface area (Å²) < 4.78 is 5.49. The molecular weight excluding hydrogens is 356 g/mol. The number of hydrogen-bond donors (Lipinski definition) is 1. The van der Waals surface area contributed by atoms with Crippen LogP contribution in [0.2, 0.25) is 0 Å². The molecule has 1 heterocycles. The van der Waals surface area contributed by atoms with Crippen molar-refractivity contribution in [2.45, 2.75) is 25.4 Å². The fourth-order valence-corrected chi connectivity index (χ4v) is 3.19. The molecule has 2 aromatic rings. The molecule has 1 atom stereocenters. The quantitative estimate of drug-likeness (QED) is 0.782. The van der Waals surface area contributed by atoms with Crippen LogP contribution in [0.3, 0.4) is 0 Å². The highest BCUT2D eigenvalue weighted by atomic mass is 16.5. The average Bonchev–Trinajstić information content (AvgIpc) is 2.77. The number of rotatable bonds is 6. The first-order chi connectivity index (χ1) is 13.6. The smallest absolute Gasteiger partial charge is 0.326 e. The molecule has 1 saturated heterocycles. The highest BCUT2D eigenvalue weighted by molar-refractivity contribution is 5.96. The van der Waals surface area contributed by atoms with E-state index in [0.717, 1.165) is 19.3 Å². The number of piperidine rings is 1. The number of carbonyl (C=O) groups excluding carboxylic acids is 3. The second-order valence-electron chi connectivity index (χ2n) is 6.72. The summed E-state index contributed by atoms with van der Waals surface area (Å²) in [7, 11) is 0. The van der Waals surface area contributed by atoms with Gasteiger partial charge in [-0.25, -0.2) is 0 Å². The number of carbonyl (C=O) groups is 3. The van der Waals surface area contributed by atoms with E-state index in [-0.39, 0.29) is 18.4 Å². The molecule has 0 bridgehead atoms. The molecule has 3 rings (SSSR count). The van der Waals surface area contributed by atoms with Crippen LogP contribution in [0.15, 0.2) is 60.7 Å². The van der Waals surface area contributed by atoms with Gasteiger partial charge in [-0.05, 0) is 31.4 Å². The Morgan fingerprint density at radius 1 is 0.893 bits per heavy atom. The van der Waals surface area contributed by atoms with Crippen molar-refractivity contribution in [3.05, 3.63) is 71.8 Å². The van der Waals surface area contributed by atoms with Crippen molar-refractivity contribution >= 4 is 17.8 Å². The van der Waals surface area contributed by atoms with E-state index in [4.69, 9.17) is 4.74 Å². The van der Waals surface area contributed by atoms with E-state index in [1.54, 1.807) is 53.4 Å². The molecule has 0 aliphatic carbocycles. The number of ether oxygens (including phenoxy) is 1. The van der Waals surface area contributed by atoms with Crippen molar-refractivity contribution in [1.29, 1.82) is 0 Å². The molecule has 0 saturated carbocycles. The van der Waals surface area contributed by atoms with Crippen molar-refractivity contribution in [3.8, 4) is 0 Å². The van der Waals surface area contributed by atoms with Crippen molar-refractivity contribution in [2.24, 2.45) is 0 Å². The number of nitrogens with zero attached hydrogens (tertiary/aromatic N) is 1. The van der Waals surface area contributed by atoms with Gasteiger partial charge in [0, 0.05) is 24.2 Å². The van der Waals surface area contributed by atoms with E-state index >= 15 is 0 Å². The number of benzene rings is 2. The van der Waals surface area contributed by atoms with Gasteiger partial charge < -0.3 is 15.0 Å². The number of esters is 1. The highest BCUT2D eigenvalue weighted by Crippen LogP contribution is 2.22. The Hall–Kier alpha value is -3.15. The Kier molecular flexibility index (Phi) is 6.78. The van der Waals surface area contributed by atoms with Gasteiger partial charge in [0.15, 0.2) is 0 Å². The number of amides is 2. The normalized spacial score (nSPS) is 14.8. The minimum Gasteiger partial charge on any atom is -0.446 e. The highest BCUT2D eigenvalue weighted by Gasteiger charge is 2.30. The summed E-state index contributed by atoms with van der Waals surface area (Å²) in [6.07, 6.45) is 2.01. The lowest BCUT2D eigenvalue weighted by molar-refractivity contribution is -0.160. The predicted molar refractivity (Wildman–Crippen MR) is 104 cm³/mol. The lowest BCUT2D eigenvalue weighted by Gasteiger charge is -2.30. The Balaban J connectivity index is 1.64. The van der Waals surface area contributed by atoms with Gasteiger partial charge in [0.2, 0.25) is 6.10 Å². The molecule has 6 heteroatoms. The molecular formula is C22H24N2O4. The minimum atomic E-state index is -1.000. The molecule has 0 aromatic heterocycles. The molecule has 28 heavy (non-hydrogen) atoms. The van der Waals surface area contributed by atoms with Gasteiger partial charge in [0.05, 0.1) is 0 Å². The molecule has 0 radical (unpaired) electrons. The zero-order valence-electron chi connectivity index (χ0n) is 15.7. The summed E-state index contributed by atoms with van der Waals surface area (Å²) >= 11 is 0. The molecule has 0 unspecified atom stereocenters. The van der Waals surface area contributed by atoms with Gasteiger partial charge in [-0.2, -0.15) is 0 Å². The molecule has 2 amide bonds. The van der Waals surface area contributed by atoms with Crippen LogP contribution < -0.4 is 5.32 Å². The van der Waals surface area contributed by atoms with Crippen LogP contribution in [0, 0.1) is 0 Å². The van der Waals surface area contributed by atoms with Crippen LogP contribution in [0.25, 0.3) is 0 Å². The maximum absolute atomic E-state index is 13.0. The standard InChI is InChI=1S/C22H24N2O4/c25-19(16-23-21(26)18-12-6-2-7-13-18)28-20(17-10-4-1-5-11-17)22(27)24-14-8-3-9-15-24/h1-2,4-7,10-13,20H,3,8-9,14-16H2,(H,23,26)/t20-/m0/s1. The van der Waals surface area contributed by atoms with E-state index in [2.05, 4.69) is 5.32 Å². The van der Waals surface area contributed by atoms with Gasteiger partial charge in [0.1, 0.15) is 6.54 Å². The SMILES string of the molecule is O=C(CNC(=O)c1ccccc1)O[C@H](C(=O)N1CCCCC1)c1ccccc1. The zero-order chi connectivity index (χ0) is 19.8. The lowest BCUT2D eigenvalue weighted by atomic mass is 10.1. The summed E-state index contributed by atoms with van der Waals surface area (Å²) in [4.78, 5) is 39.1. The first-order valence-electron chi connectivity index (χ1n) is 9.51. The average molecular weight is 380 g/mol. The fraction of sp³-hybridized carbons (Fsp3) is 0.318. The van der Waals surface area contributed by atoms with Crippen LogP contribution in [-0.4, -0.2) is 42.3 Å². The largest absolute Gasteiger partial charge is 0.446 e. The Morgan fingerprint density at radius 3 is 2.14 bits per heavy atom. The first-order valence-corrected chi connectivity index (χ1v) is 9.51. The fourth-order valence-electron chi connectivity index (χ4n) is 3.19. The molecule has 146 valence electrons. The maximum atomic E-state index is 13.0. The second kappa shape index (κ2) is 9.69. The number of nitrogens with one attached hydrogen (secondary N) is 1. The zero-order valence-corrected chi connectivity index (χ0v) is 15.7. The van der Waals surface area contributed by atoms with Crippen LogP contribution in [0.1, 0.15) is 41.3 Å². The molecule has 1 fully saturated rings. The van der Waals surface area contributed by atoms with E-state index in [9.17, 15) is 14.4 Å². The molecule has 1 aliphatic heterocycles. The third kappa shape index (κ3) is 5.19. The van der Waals surface area contributed by atoms with Gasteiger partial charge in [-0.3, -0.25) is 14.4 Å². The molecule has 6 nitrogen and oxygen atoms in total. The van der Waals surface area contributed by atoms with Gasteiger partial charge in [0.25, 0.3) is 11.8 Å². The summed E-state index contributed by atoms with van der Waals surface area (Å²) in [6.45, 7) is 1.04. The lowest BCUT2D eigenvalue weighted by Crippen LogP contribution is -2.41. The molecule has 1 aliphatic rings. The number of hydrogen-bond acceptors (Lipinski definition) is 4. The van der Waals surface area contributed by atoms with E-state index < -0.39 is 12.1 Å². The van der Waals surface area contributed by atoms with E-state index in [1.165, 1.54) is 0 Å². The topological polar surface area (TPSA) is 75.7 Å². The maximum Gasteiger partial charge on any atom is 0.326 e. The van der Waals surface area contributed by atoms with Crippen LogP contribution in [0.4, 0.5) is 0 Å². The summed E-state index contributed by atoms with van der Waals surface area (Å²) in [5.74, 6) is -1.23. The monoisotopic (exact) mass is 380 g/mol. The third-order valence-electron chi connectivity index (χ3n) is 4.67. The van der Waals surface area contributed by atoms with Crippen LogP contribution in [-0.2, 0) is 14.3 Å². The van der Waals surface area contributed by atoms with Gasteiger partial charge >= 0.3 is 5.97 Å². The van der Waals surface area contributed by atoms with Crippen LogP contribution in [0.5, 0.6) is 0 Å². The van der Waals surface area contributed by atoms with E-state index in [0.29, 0.717) is 24.2 Å². The number of likely N-dealkylation sites (tertiary alicyclic amines) is 1. The molecule has 0 spiro atoms. The Morgan fingerprint density at radius 2 is 1.50 bits per heavy atom. The Labute approximate surface area is 164 Å². The molecule has 1 N–H and O–H groups in total. The van der Waals surface area contributed by atoms with Crippen molar-refractivity contribution in [1.82, 2.24) is 10.2 Å². The third-order valence-corrected chi connectivity index (χ3v) is 4.67. The summed E-state index contributed by atoms with van der Waals surface area (Å²) in [6, 6.07) is 17.6. The second-order valence-corrected chi connectivity index (χ2v) is 6.72. The van der Waals surface area contributed by atoms with Crippen molar-refractivity contribution < 1.29 is 19.1 Å².